The lowest BCUT2D eigenvalue weighted by atomic mass is 10.1. The summed E-state index contributed by atoms with van der Waals surface area (Å²) in [5, 5.41) is 2.65. The van der Waals surface area contributed by atoms with Crippen molar-refractivity contribution in [3.8, 4) is 0 Å². The molecule has 0 aromatic heterocycles. The molecular weight excluding hydrogens is 388 g/mol. The molecule has 3 rings (SSSR count). The third kappa shape index (κ3) is 4.56. The largest absolute Gasteiger partial charge is 0.454 e. The van der Waals surface area contributed by atoms with Gasteiger partial charge in [0.25, 0.3) is 17.7 Å². The molecule has 1 aliphatic heterocycles. The Hall–Kier alpha value is -2.75. The zero-order chi connectivity index (χ0) is 20.5. The maximum absolute atomic E-state index is 12.6. The Bertz CT molecular complexity index is 902. The minimum absolute atomic E-state index is 0.0865. The van der Waals surface area contributed by atoms with E-state index in [0.29, 0.717) is 0 Å². The predicted molar refractivity (Wildman–Crippen MR) is 97.2 cm³/mol. The van der Waals surface area contributed by atoms with Gasteiger partial charge < -0.3 is 10.1 Å². The fraction of sp³-hybridized carbons (Fsp3) is 0.444. The quantitative estimate of drug-likeness (QED) is 0.470. The van der Waals surface area contributed by atoms with E-state index in [1.165, 1.54) is 12.1 Å². The minimum Gasteiger partial charge on any atom is -0.454 e. The van der Waals surface area contributed by atoms with Crippen LogP contribution in [0.4, 0.5) is 0 Å². The third-order valence-electron chi connectivity index (χ3n) is 4.46. The molecule has 1 aromatic rings. The molecule has 1 aliphatic carbocycles. The molecule has 1 N–H and O–H groups in total. The first-order valence-electron chi connectivity index (χ1n) is 8.78. The SMILES string of the molecule is CS(=O)(=O)CC[C@H](C(=O)OCC(=O)NC1CC1)N1C(=O)c2ccccc2C1=O. The first kappa shape index (κ1) is 20.0. The van der Waals surface area contributed by atoms with E-state index >= 15 is 0 Å². The zero-order valence-corrected chi connectivity index (χ0v) is 16.0. The molecule has 28 heavy (non-hydrogen) atoms. The lowest BCUT2D eigenvalue weighted by Gasteiger charge is -2.24. The summed E-state index contributed by atoms with van der Waals surface area (Å²) in [7, 11) is -3.46. The Balaban J connectivity index is 1.76. The molecule has 1 fully saturated rings. The van der Waals surface area contributed by atoms with Gasteiger partial charge in [0.2, 0.25) is 0 Å². The van der Waals surface area contributed by atoms with Crippen LogP contribution >= 0.6 is 0 Å². The molecule has 1 heterocycles. The summed E-state index contributed by atoms with van der Waals surface area (Å²) in [6, 6.07) is 4.73. The van der Waals surface area contributed by atoms with Gasteiger partial charge in [0.15, 0.2) is 6.61 Å². The number of amides is 3. The van der Waals surface area contributed by atoms with Gasteiger partial charge in [-0.1, -0.05) is 12.1 Å². The molecule has 3 amide bonds. The smallest absolute Gasteiger partial charge is 0.329 e. The van der Waals surface area contributed by atoms with Gasteiger partial charge in [0.05, 0.1) is 16.9 Å². The molecule has 0 spiro atoms. The molecule has 150 valence electrons. The lowest BCUT2D eigenvalue weighted by molar-refractivity contribution is -0.152. The first-order valence-corrected chi connectivity index (χ1v) is 10.8. The van der Waals surface area contributed by atoms with Crippen molar-refractivity contribution in [3.63, 3.8) is 0 Å². The van der Waals surface area contributed by atoms with Crippen LogP contribution in [0.2, 0.25) is 0 Å². The minimum atomic E-state index is -3.46. The van der Waals surface area contributed by atoms with Crippen molar-refractivity contribution >= 4 is 33.5 Å². The van der Waals surface area contributed by atoms with Gasteiger partial charge >= 0.3 is 5.97 Å². The maximum atomic E-state index is 12.6. The molecule has 0 bridgehead atoms. The van der Waals surface area contributed by atoms with Crippen LogP contribution in [0.3, 0.4) is 0 Å². The predicted octanol–water partition coefficient (Wildman–Crippen LogP) is -0.0923. The van der Waals surface area contributed by atoms with Gasteiger partial charge in [-0.2, -0.15) is 0 Å². The molecule has 0 radical (unpaired) electrons. The topological polar surface area (TPSA) is 127 Å². The van der Waals surface area contributed by atoms with Crippen LogP contribution in [-0.2, 0) is 24.2 Å². The van der Waals surface area contributed by atoms with E-state index in [4.69, 9.17) is 4.74 Å². The van der Waals surface area contributed by atoms with Crippen molar-refractivity contribution < 1.29 is 32.3 Å². The molecular formula is C18H20N2O7S. The number of carbonyl (C=O) groups is 4. The second-order valence-electron chi connectivity index (χ2n) is 6.91. The van der Waals surface area contributed by atoms with Crippen LogP contribution in [0.5, 0.6) is 0 Å². The van der Waals surface area contributed by atoms with E-state index in [2.05, 4.69) is 5.32 Å². The number of hydrogen-bond acceptors (Lipinski definition) is 7. The van der Waals surface area contributed by atoms with Gasteiger partial charge in [-0.25, -0.2) is 13.2 Å². The van der Waals surface area contributed by atoms with Gasteiger partial charge in [0.1, 0.15) is 15.9 Å². The highest BCUT2D eigenvalue weighted by Crippen LogP contribution is 2.26. The van der Waals surface area contributed by atoms with Crippen molar-refractivity contribution in [3.05, 3.63) is 35.4 Å². The molecule has 0 saturated heterocycles. The molecule has 9 nitrogen and oxygen atoms in total. The molecule has 1 saturated carbocycles. The van der Waals surface area contributed by atoms with Crippen LogP contribution in [0.1, 0.15) is 40.0 Å². The number of hydrogen-bond donors (Lipinski definition) is 1. The van der Waals surface area contributed by atoms with E-state index in [1.807, 2.05) is 0 Å². The number of carbonyl (C=O) groups excluding carboxylic acids is 4. The fourth-order valence-corrected chi connectivity index (χ4v) is 3.55. The normalized spacial score (nSPS) is 17.2. The number of rotatable bonds is 8. The van der Waals surface area contributed by atoms with E-state index < -0.39 is 51.9 Å². The van der Waals surface area contributed by atoms with Crippen molar-refractivity contribution in [2.75, 3.05) is 18.6 Å². The van der Waals surface area contributed by atoms with Crippen molar-refractivity contribution in [2.45, 2.75) is 31.3 Å². The number of nitrogens with one attached hydrogen (secondary N) is 1. The Morgan fingerprint density at radius 3 is 2.25 bits per heavy atom. The first-order chi connectivity index (χ1) is 13.2. The maximum Gasteiger partial charge on any atom is 0.329 e. The average molecular weight is 408 g/mol. The number of fused-ring (bicyclic) bond motifs is 1. The molecule has 1 atom stereocenters. The number of sulfone groups is 1. The van der Waals surface area contributed by atoms with E-state index in [1.54, 1.807) is 12.1 Å². The summed E-state index contributed by atoms with van der Waals surface area (Å²) in [6.07, 6.45) is 2.41. The standard InChI is InChI=1S/C18H20N2O7S/c1-28(25,26)9-8-14(18(24)27-10-15(21)19-11-6-7-11)20-16(22)12-4-2-3-5-13(12)17(20)23/h2-5,11,14H,6-10H2,1H3,(H,19,21)/t14-/m1/s1. The van der Waals surface area contributed by atoms with Crippen molar-refractivity contribution in [2.24, 2.45) is 0 Å². The Morgan fingerprint density at radius 1 is 1.18 bits per heavy atom. The van der Waals surface area contributed by atoms with Crippen molar-refractivity contribution in [1.82, 2.24) is 10.2 Å². The fourth-order valence-electron chi connectivity index (χ4n) is 2.90. The average Bonchev–Trinajstić information content (AvgIpc) is 3.41. The number of imide groups is 1. The molecule has 2 aliphatic rings. The van der Waals surface area contributed by atoms with E-state index in [0.717, 1.165) is 24.0 Å². The van der Waals surface area contributed by atoms with Crippen LogP contribution in [-0.4, -0.2) is 67.7 Å². The molecule has 10 heteroatoms. The van der Waals surface area contributed by atoms with Gasteiger partial charge in [-0.3, -0.25) is 19.3 Å². The number of nitrogens with zero attached hydrogens (tertiary/aromatic N) is 1. The van der Waals surface area contributed by atoms with Crippen molar-refractivity contribution in [1.29, 1.82) is 0 Å². The lowest BCUT2D eigenvalue weighted by Crippen LogP contribution is -2.47. The summed E-state index contributed by atoms with van der Waals surface area (Å²) in [6.45, 7) is -0.562. The molecule has 1 aromatic carbocycles. The number of benzene rings is 1. The summed E-state index contributed by atoms with van der Waals surface area (Å²) in [5.74, 6) is -3.30. The highest BCUT2D eigenvalue weighted by molar-refractivity contribution is 7.90. The summed E-state index contributed by atoms with van der Waals surface area (Å²) in [5.41, 5.74) is 0.271. The van der Waals surface area contributed by atoms with Gasteiger partial charge in [-0.15, -0.1) is 0 Å². The zero-order valence-electron chi connectivity index (χ0n) is 15.2. The summed E-state index contributed by atoms with van der Waals surface area (Å²) < 4.78 is 28.1. The van der Waals surface area contributed by atoms with E-state index in [-0.39, 0.29) is 23.6 Å². The second-order valence-corrected chi connectivity index (χ2v) is 9.17. The molecule has 0 unspecified atom stereocenters. The highest BCUT2D eigenvalue weighted by Gasteiger charge is 2.43. The Kier molecular flexibility index (Phi) is 5.50. The van der Waals surface area contributed by atoms with Crippen LogP contribution in [0.25, 0.3) is 0 Å². The van der Waals surface area contributed by atoms with E-state index in [9.17, 15) is 27.6 Å². The second kappa shape index (κ2) is 7.70. The van der Waals surface area contributed by atoms with Crippen LogP contribution < -0.4 is 5.32 Å². The van der Waals surface area contributed by atoms with Gasteiger partial charge in [0, 0.05) is 12.3 Å². The monoisotopic (exact) mass is 408 g/mol. The third-order valence-corrected chi connectivity index (χ3v) is 5.44. The summed E-state index contributed by atoms with van der Waals surface area (Å²) in [4.78, 5) is 50.3. The Labute approximate surface area is 161 Å². The van der Waals surface area contributed by atoms with Crippen LogP contribution in [0.15, 0.2) is 24.3 Å². The number of esters is 1. The number of ether oxygens (including phenoxy) is 1. The highest BCUT2D eigenvalue weighted by atomic mass is 32.2. The summed E-state index contributed by atoms with van der Waals surface area (Å²) >= 11 is 0. The van der Waals surface area contributed by atoms with Crippen LogP contribution in [0, 0.1) is 0 Å². The van der Waals surface area contributed by atoms with Gasteiger partial charge in [-0.05, 0) is 31.4 Å². The Morgan fingerprint density at radius 2 is 1.75 bits per heavy atom.